The van der Waals surface area contributed by atoms with E-state index in [0.29, 0.717) is 15.9 Å². The number of nitrogens with zero attached hydrogens (tertiary/aromatic N) is 2. The monoisotopic (exact) mass is 386 g/mol. The second-order valence-corrected chi connectivity index (χ2v) is 7.04. The third kappa shape index (κ3) is 5.18. The number of benzene rings is 2. The van der Waals surface area contributed by atoms with Gasteiger partial charge in [0.25, 0.3) is 0 Å². The smallest absolute Gasteiger partial charge is 0.240 e. The largest absolute Gasteiger partial charge is 0.326 e. The highest BCUT2D eigenvalue weighted by Crippen LogP contribution is 2.23. The lowest BCUT2D eigenvalue weighted by molar-refractivity contribution is -0.122. The third-order valence-electron chi connectivity index (χ3n) is 3.43. The highest BCUT2D eigenvalue weighted by atomic mass is 35.5. The molecule has 0 saturated carbocycles. The van der Waals surface area contributed by atoms with Gasteiger partial charge in [0.1, 0.15) is 5.25 Å². The number of hydrogen-bond donors (Lipinski definition) is 2. The van der Waals surface area contributed by atoms with Crippen LogP contribution in [0, 0.1) is 0 Å². The molecule has 1 heterocycles. The van der Waals surface area contributed by atoms with Crippen molar-refractivity contribution in [3.8, 4) is 0 Å². The quantitative estimate of drug-likeness (QED) is 0.611. The molecule has 132 valence electrons. The molecule has 3 rings (SSSR count). The van der Waals surface area contributed by atoms with Crippen LogP contribution >= 0.6 is 23.4 Å². The van der Waals surface area contributed by atoms with Crippen LogP contribution in [-0.4, -0.2) is 28.4 Å². The van der Waals surface area contributed by atoms with Gasteiger partial charge in [0.05, 0.1) is 6.21 Å². The van der Waals surface area contributed by atoms with Gasteiger partial charge in [-0.15, -0.1) is 5.10 Å². The molecule has 0 spiro atoms. The van der Waals surface area contributed by atoms with Gasteiger partial charge in [-0.3, -0.25) is 9.59 Å². The summed E-state index contributed by atoms with van der Waals surface area (Å²) in [7, 11) is 0. The van der Waals surface area contributed by atoms with E-state index in [4.69, 9.17) is 11.6 Å². The number of anilines is 1. The number of amides is 2. The Balaban J connectivity index is 1.54. The number of nitrogens with one attached hydrogen (secondary N) is 2. The molecule has 1 fully saturated rings. The first-order valence-corrected chi connectivity index (χ1v) is 9.05. The molecule has 2 amide bonds. The molecule has 1 aliphatic heterocycles. The van der Waals surface area contributed by atoms with Crippen molar-refractivity contribution >= 4 is 52.2 Å². The van der Waals surface area contributed by atoms with Crippen molar-refractivity contribution < 1.29 is 9.59 Å². The van der Waals surface area contributed by atoms with Crippen molar-refractivity contribution in [2.45, 2.75) is 11.7 Å². The zero-order valence-corrected chi connectivity index (χ0v) is 15.1. The van der Waals surface area contributed by atoms with Gasteiger partial charge in [0.2, 0.25) is 11.8 Å². The van der Waals surface area contributed by atoms with Crippen molar-refractivity contribution in [2.24, 2.45) is 10.2 Å². The highest BCUT2D eigenvalue weighted by Gasteiger charge is 2.32. The van der Waals surface area contributed by atoms with Gasteiger partial charge in [-0.05, 0) is 29.8 Å². The molecule has 1 saturated heterocycles. The SMILES string of the molecule is O=C(CC1S/C(=N/N=C\c2ccc(Cl)cc2)NC1=O)Nc1ccccc1. The van der Waals surface area contributed by atoms with Gasteiger partial charge in [-0.1, -0.05) is 53.7 Å². The number of thioether (sulfide) groups is 1. The predicted octanol–water partition coefficient (Wildman–Crippen LogP) is 3.29. The number of rotatable bonds is 5. The van der Waals surface area contributed by atoms with Crippen LogP contribution in [0.1, 0.15) is 12.0 Å². The average molecular weight is 387 g/mol. The van der Waals surface area contributed by atoms with Crippen LogP contribution in [0.15, 0.2) is 64.8 Å². The zero-order chi connectivity index (χ0) is 18.4. The first-order chi connectivity index (χ1) is 12.6. The zero-order valence-electron chi connectivity index (χ0n) is 13.6. The Kier molecular flexibility index (Phi) is 6.04. The normalized spacial score (nSPS) is 18.3. The van der Waals surface area contributed by atoms with Crippen LogP contribution in [0.4, 0.5) is 5.69 Å². The van der Waals surface area contributed by atoms with E-state index in [1.54, 1.807) is 30.5 Å². The highest BCUT2D eigenvalue weighted by molar-refractivity contribution is 8.15. The lowest BCUT2D eigenvalue weighted by atomic mass is 10.2. The third-order valence-corrected chi connectivity index (χ3v) is 4.75. The van der Waals surface area contributed by atoms with Crippen LogP contribution in [0.3, 0.4) is 0 Å². The average Bonchev–Trinajstić information content (AvgIpc) is 2.97. The Morgan fingerprint density at radius 2 is 1.92 bits per heavy atom. The maximum atomic E-state index is 12.1. The number of para-hydroxylation sites is 1. The minimum Gasteiger partial charge on any atom is -0.326 e. The molecule has 0 aliphatic carbocycles. The van der Waals surface area contributed by atoms with Gasteiger partial charge < -0.3 is 10.6 Å². The second kappa shape index (κ2) is 8.64. The van der Waals surface area contributed by atoms with E-state index in [0.717, 1.165) is 5.56 Å². The number of carbonyl (C=O) groups is 2. The van der Waals surface area contributed by atoms with Crippen LogP contribution < -0.4 is 10.6 Å². The van der Waals surface area contributed by atoms with E-state index in [1.165, 1.54) is 11.8 Å². The lowest BCUT2D eigenvalue weighted by Gasteiger charge is -2.06. The summed E-state index contributed by atoms with van der Waals surface area (Å²) in [6, 6.07) is 16.2. The van der Waals surface area contributed by atoms with Gasteiger partial charge in [0.15, 0.2) is 5.17 Å². The summed E-state index contributed by atoms with van der Waals surface area (Å²) in [6.07, 6.45) is 1.62. The topological polar surface area (TPSA) is 82.9 Å². The van der Waals surface area contributed by atoms with Crippen molar-refractivity contribution in [3.05, 3.63) is 65.2 Å². The van der Waals surface area contributed by atoms with Crippen LogP contribution in [0.5, 0.6) is 0 Å². The molecule has 2 N–H and O–H groups in total. The van der Waals surface area contributed by atoms with Gasteiger partial charge in [0, 0.05) is 17.1 Å². The molecule has 1 unspecified atom stereocenters. The Labute approximate surface area is 159 Å². The molecule has 0 radical (unpaired) electrons. The fraction of sp³-hybridized carbons (Fsp3) is 0.111. The summed E-state index contributed by atoms with van der Waals surface area (Å²) >= 11 is 7.01. The molecule has 6 nitrogen and oxygen atoms in total. The van der Waals surface area contributed by atoms with Crippen LogP contribution in [0.2, 0.25) is 5.02 Å². The van der Waals surface area contributed by atoms with Gasteiger partial charge in [-0.25, -0.2) is 0 Å². The molecule has 1 aliphatic rings. The summed E-state index contributed by atoms with van der Waals surface area (Å²) in [4.78, 5) is 24.0. The predicted molar refractivity (Wildman–Crippen MR) is 106 cm³/mol. The molecule has 2 aromatic rings. The number of amidine groups is 1. The molecular weight excluding hydrogens is 372 g/mol. The van der Waals surface area contributed by atoms with E-state index < -0.39 is 5.25 Å². The van der Waals surface area contributed by atoms with Crippen molar-refractivity contribution in [2.75, 3.05) is 5.32 Å². The first-order valence-electron chi connectivity index (χ1n) is 7.79. The molecule has 26 heavy (non-hydrogen) atoms. The minimum atomic E-state index is -0.525. The Bertz CT molecular complexity index is 853. The van der Waals surface area contributed by atoms with Crippen molar-refractivity contribution in [1.29, 1.82) is 0 Å². The summed E-state index contributed by atoms with van der Waals surface area (Å²) < 4.78 is 0. The van der Waals surface area contributed by atoms with Gasteiger partial charge >= 0.3 is 0 Å². The summed E-state index contributed by atoms with van der Waals surface area (Å²) in [5.41, 5.74) is 1.54. The molecule has 1 atom stereocenters. The summed E-state index contributed by atoms with van der Waals surface area (Å²) in [6.45, 7) is 0. The lowest BCUT2D eigenvalue weighted by Crippen LogP contribution is -2.28. The first kappa shape index (κ1) is 18.2. The Hall–Kier alpha value is -2.64. The molecule has 8 heteroatoms. The summed E-state index contributed by atoms with van der Waals surface area (Å²) in [5, 5.41) is 13.8. The van der Waals surface area contributed by atoms with Gasteiger partial charge in [-0.2, -0.15) is 5.10 Å². The number of hydrogen-bond acceptors (Lipinski definition) is 5. The fourth-order valence-electron chi connectivity index (χ4n) is 2.19. The second-order valence-electron chi connectivity index (χ2n) is 5.42. The van der Waals surface area contributed by atoms with Crippen LogP contribution in [-0.2, 0) is 9.59 Å². The number of halogens is 1. The fourth-order valence-corrected chi connectivity index (χ4v) is 3.24. The maximum Gasteiger partial charge on any atom is 0.240 e. The molecule has 2 aromatic carbocycles. The summed E-state index contributed by atoms with van der Waals surface area (Å²) in [5.74, 6) is -0.478. The van der Waals surface area contributed by atoms with E-state index in [2.05, 4.69) is 20.8 Å². The maximum absolute atomic E-state index is 12.1. The molecule has 0 aromatic heterocycles. The van der Waals surface area contributed by atoms with E-state index in [1.807, 2.05) is 30.3 Å². The van der Waals surface area contributed by atoms with E-state index >= 15 is 0 Å². The minimum absolute atomic E-state index is 0.0608. The number of carbonyl (C=O) groups excluding carboxylic acids is 2. The standard InChI is InChI=1S/C18H15ClN4O2S/c19-13-8-6-12(7-9-13)11-20-23-18-22-17(25)15(26-18)10-16(24)21-14-4-2-1-3-5-14/h1-9,11,15H,10H2,(H,21,24)(H,22,23,25)/b20-11-. The Morgan fingerprint density at radius 3 is 2.65 bits per heavy atom. The van der Waals surface area contributed by atoms with Crippen molar-refractivity contribution in [3.63, 3.8) is 0 Å². The Morgan fingerprint density at radius 1 is 1.19 bits per heavy atom. The van der Waals surface area contributed by atoms with E-state index in [9.17, 15) is 9.59 Å². The molecular formula is C18H15ClN4O2S. The van der Waals surface area contributed by atoms with Crippen molar-refractivity contribution in [1.82, 2.24) is 5.32 Å². The van der Waals surface area contributed by atoms with E-state index in [-0.39, 0.29) is 18.2 Å². The molecule has 0 bridgehead atoms. The van der Waals surface area contributed by atoms with Crippen LogP contribution in [0.25, 0.3) is 0 Å².